The molecule has 1 aliphatic rings. The van der Waals surface area contributed by atoms with Crippen molar-refractivity contribution >= 4 is 39.1 Å². The van der Waals surface area contributed by atoms with E-state index in [4.69, 9.17) is 4.42 Å². The molecule has 1 fully saturated rings. The van der Waals surface area contributed by atoms with Gasteiger partial charge in [-0.3, -0.25) is 9.59 Å². The number of furan rings is 1. The molecule has 0 spiro atoms. The summed E-state index contributed by atoms with van der Waals surface area (Å²) in [6, 6.07) is 9.18. The molecule has 0 radical (unpaired) electrons. The van der Waals surface area contributed by atoms with Crippen molar-refractivity contribution in [3.05, 3.63) is 46.3 Å². The SMILES string of the molecule is Cc1cc(N2CCN(C)CC2)ccc1NC(=O)CNC(=O)c1ccc(Br)o1. The average molecular weight is 435 g/mol. The zero-order chi connectivity index (χ0) is 19.4. The van der Waals surface area contributed by atoms with Gasteiger partial charge < -0.3 is 24.9 Å². The lowest BCUT2D eigenvalue weighted by Gasteiger charge is -2.34. The molecule has 2 aromatic rings. The van der Waals surface area contributed by atoms with Crippen molar-refractivity contribution in [2.24, 2.45) is 0 Å². The smallest absolute Gasteiger partial charge is 0.287 e. The van der Waals surface area contributed by atoms with Crippen molar-refractivity contribution in [2.45, 2.75) is 6.92 Å². The summed E-state index contributed by atoms with van der Waals surface area (Å²) in [7, 11) is 2.13. The maximum absolute atomic E-state index is 12.1. The molecule has 0 atom stereocenters. The van der Waals surface area contributed by atoms with Crippen LogP contribution in [-0.4, -0.2) is 56.5 Å². The largest absolute Gasteiger partial charge is 0.444 e. The summed E-state index contributed by atoms with van der Waals surface area (Å²) in [5.74, 6) is -0.565. The molecule has 27 heavy (non-hydrogen) atoms. The van der Waals surface area contributed by atoms with E-state index >= 15 is 0 Å². The second kappa shape index (κ2) is 8.58. The molecule has 0 bridgehead atoms. The first-order chi connectivity index (χ1) is 12.9. The van der Waals surface area contributed by atoms with Crippen LogP contribution in [0.2, 0.25) is 0 Å². The molecule has 144 valence electrons. The highest BCUT2D eigenvalue weighted by Crippen LogP contribution is 2.23. The number of anilines is 2. The highest BCUT2D eigenvalue weighted by molar-refractivity contribution is 9.10. The molecule has 1 saturated heterocycles. The number of carbonyl (C=O) groups excluding carboxylic acids is 2. The maximum atomic E-state index is 12.1. The molecule has 2 N–H and O–H groups in total. The van der Waals surface area contributed by atoms with E-state index in [1.165, 1.54) is 0 Å². The molecule has 0 saturated carbocycles. The average Bonchev–Trinajstić information content (AvgIpc) is 3.08. The summed E-state index contributed by atoms with van der Waals surface area (Å²) < 4.78 is 5.62. The lowest BCUT2D eigenvalue weighted by Crippen LogP contribution is -2.44. The number of aryl methyl sites for hydroxylation is 1. The fourth-order valence-corrected chi connectivity index (χ4v) is 3.23. The van der Waals surface area contributed by atoms with Gasteiger partial charge in [-0.25, -0.2) is 0 Å². The Morgan fingerprint density at radius 3 is 2.52 bits per heavy atom. The van der Waals surface area contributed by atoms with Gasteiger partial charge in [-0.05, 0) is 65.8 Å². The highest BCUT2D eigenvalue weighted by atomic mass is 79.9. The molecule has 7 nitrogen and oxygen atoms in total. The molecule has 2 amide bonds. The molecule has 3 rings (SSSR count). The summed E-state index contributed by atoms with van der Waals surface area (Å²) in [6.45, 7) is 5.92. The molecule has 0 unspecified atom stereocenters. The van der Waals surface area contributed by atoms with Crippen molar-refractivity contribution < 1.29 is 14.0 Å². The van der Waals surface area contributed by atoms with E-state index in [2.05, 4.69) is 49.5 Å². The Labute approximate surface area is 166 Å². The first-order valence-corrected chi connectivity index (χ1v) is 9.59. The Hall–Kier alpha value is -2.32. The van der Waals surface area contributed by atoms with Gasteiger partial charge in [0.15, 0.2) is 10.4 Å². The van der Waals surface area contributed by atoms with Crippen LogP contribution in [0.25, 0.3) is 0 Å². The Morgan fingerprint density at radius 1 is 1.15 bits per heavy atom. The van der Waals surface area contributed by atoms with Crippen molar-refractivity contribution in [3.8, 4) is 0 Å². The minimum Gasteiger partial charge on any atom is -0.444 e. The summed E-state index contributed by atoms with van der Waals surface area (Å²) in [6.07, 6.45) is 0. The van der Waals surface area contributed by atoms with Gasteiger partial charge in [0.25, 0.3) is 5.91 Å². The fraction of sp³-hybridized carbons (Fsp3) is 0.368. The quantitative estimate of drug-likeness (QED) is 0.755. The van der Waals surface area contributed by atoms with Crippen LogP contribution in [-0.2, 0) is 4.79 Å². The van der Waals surface area contributed by atoms with Gasteiger partial charge >= 0.3 is 0 Å². The van der Waals surface area contributed by atoms with Crippen LogP contribution < -0.4 is 15.5 Å². The summed E-state index contributed by atoms with van der Waals surface area (Å²) in [4.78, 5) is 28.7. The molecule has 2 heterocycles. The Kier molecular flexibility index (Phi) is 6.18. The van der Waals surface area contributed by atoms with Gasteiger partial charge in [-0.2, -0.15) is 0 Å². The first-order valence-electron chi connectivity index (χ1n) is 8.80. The standard InChI is InChI=1S/C19H23BrN4O3/c1-13-11-14(24-9-7-23(2)8-10-24)3-4-15(13)22-18(25)12-21-19(26)16-5-6-17(20)27-16/h3-6,11H,7-10,12H2,1-2H3,(H,21,26)(H,22,25). The van der Waals surface area contributed by atoms with E-state index in [-0.39, 0.29) is 18.2 Å². The van der Waals surface area contributed by atoms with Gasteiger partial charge in [0.05, 0.1) is 6.54 Å². The van der Waals surface area contributed by atoms with Gasteiger partial charge in [0.1, 0.15) is 0 Å². The minimum absolute atomic E-state index is 0.128. The van der Waals surface area contributed by atoms with Crippen molar-refractivity contribution in [1.82, 2.24) is 10.2 Å². The number of rotatable bonds is 5. The number of piperazine rings is 1. The van der Waals surface area contributed by atoms with E-state index in [1.54, 1.807) is 12.1 Å². The van der Waals surface area contributed by atoms with Crippen molar-refractivity contribution in [2.75, 3.05) is 50.0 Å². The van der Waals surface area contributed by atoms with Gasteiger partial charge in [-0.1, -0.05) is 0 Å². The number of halogens is 1. The van der Waals surface area contributed by atoms with E-state index in [9.17, 15) is 9.59 Å². The summed E-state index contributed by atoms with van der Waals surface area (Å²) in [5, 5.41) is 5.38. The Morgan fingerprint density at radius 2 is 1.89 bits per heavy atom. The number of amides is 2. The van der Waals surface area contributed by atoms with Crippen LogP contribution in [0.4, 0.5) is 11.4 Å². The molecule has 0 aliphatic carbocycles. The van der Waals surface area contributed by atoms with E-state index < -0.39 is 5.91 Å². The number of likely N-dealkylation sites (N-methyl/N-ethyl adjacent to an activating group) is 1. The molecule has 1 aromatic heterocycles. The third-order valence-corrected chi connectivity index (χ3v) is 4.99. The molecule has 1 aromatic carbocycles. The Bertz CT molecular complexity index is 828. The number of hydrogen-bond donors (Lipinski definition) is 2. The van der Waals surface area contributed by atoms with Crippen LogP contribution in [0.5, 0.6) is 0 Å². The number of nitrogens with zero attached hydrogens (tertiary/aromatic N) is 2. The summed E-state index contributed by atoms with van der Waals surface area (Å²) >= 11 is 3.14. The van der Waals surface area contributed by atoms with Crippen LogP contribution >= 0.6 is 15.9 Å². The molecule has 1 aliphatic heterocycles. The third kappa shape index (κ3) is 5.11. The monoisotopic (exact) mass is 434 g/mol. The molecular formula is C19H23BrN4O3. The van der Waals surface area contributed by atoms with E-state index in [0.717, 1.165) is 43.1 Å². The van der Waals surface area contributed by atoms with E-state index in [0.29, 0.717) is 4.67 Å². The van der Waals surface area contributed by atoms with Crippen LogP contribution in [0.3, 0.4) is 0 Å². The fourth-order valence-electron chi connectivity index (χ4n) is 2.93. The molecule has 8 heteroatoms. The van der Waals surface area contributed by atoms with Gasteiger partial charge in [0, 0.05) is 37.6 Å². The highest BCUT2D eigenvalue weighted by Gasteiger charge is 2.16. The zero-order valence-corrected chi connectivity index (χ0v) is 17.0. The van der Waals surface area contributed by atoms with Crippen molar-refractivity contribution in [3.63, 3.8) is 0 Å². The second-order valence-electron chi connectivity index (χ2n) is 6.62. The minimum atomic E-state index is -0.432. The van der Waals surface area contributed by atoms with Gasteiger partial charge in [-0.15, -0.1) is 0 Å². The normalized spacial score (nSPS) is 14.9. The van der Waals surface area contributed by atoms with Crippen LogP contribution in [0.1, 0.15) is 16.1 Å². The van der Waals surface area contributed by atoms with Crippen LogP contribution in [0.15, 0.2) is 39.4 Å². The second-order valence-corrected chi connectivity index (χ2v) is 7.41. The predicted octanol–water partition coefficient (Wildman–Crippen LogP) is 2.47. The van der Waals surface area contributed by atoms with Gasteiger partial charge in [0.2, 0.25) is 5.91 Å². The predicted molar refractivity (Wildman–Crippen MR) is 108 cm³/mol. The van der Waals surface area contributed by atoms with Crippen molar-refractivity contribution in [1.29, 1.82) is 0 Å². The van der Waals surface area contributed by atoms with Crippen LogP contribution in [0, 0.1) is 6.92 Å². The number of nitrogens with one attached hydrogen (secondary N) is 2. The van der Waals surface area contributed by atoms with E-state index in [1.807, 2.05) is 19.1 Å². The Balaban J connectivity index is 1.54. The molecular weight excluding hydrogens is 412 g/mol. The number of benzene rings is 1. The summed E-state index contributed by atoms with van der Waals surface area (Å²) in [5.41, 5.74) is 2.89. The first kappa shape index (κ1) is 19.4. The zero-order valence-electron chi connectivity index (χ0n) is 15.4. The maximum Gasteiger partial charge on any atom is 0.287 e. The lowest BCUT2D eigenvalue weighted by atomic mass is 10.1. The third-order valence-electron chi connectivity index (χ3n) is 4.56. The topological polar surface area (TPSA) is 77.8 Å². The number of carbonyl (C=O) groups is 2. The lowest BCUT2D eigenvalue weighted by molar-refractivity contribution is -0.115. The number of hydrogen-bond acceptors (Lipinski definition) is 5.